The Hall–Kier alpha value is -1.91. The molecule has 0 spiro atoms. The molecule has 0 radical (unpaired) electrons. The summed E-state index contributed by atoms with van der Waals surface area (Å²) in [6.07, 6.45) is 0. The van der Waals surface area contributed by atoms with E-state index in [9.17, 15) is 9.18 Å². The Morgan fingerprint density at radius 3 is 2.65 bits per heavy atom. The van der Waals surface area contributed by atoms with E-state index in [1.807, 2.05) is 18.2 Å². The Bertz CT molecular complexity index is 631. The Labute approximate surface area is 121 Å². The molecule has 2 rings (SSSR count). The molecule has 0 aromatic heterocycles. The summed E-state index contributed by atoms with van der Waals surface area (Å²) >= 11 is 5.88. The topological polar surface area (TPSA) is 55.1 Å². The molecule has 5 heteroatoms. The van der Waals surface area contributed by atoms with E-state index in [1.54, 1.807) is 12.1 Å². The van der Waals surface area contributed by atoms with Crippen molar-refractivity contribution in [2.75, 3.05) is 0 Å². The minimum atomic E-state index is -0.637. The molecule has 2 aromatic carbocycles. The Kier molecular flexibility index (Phi) is 4.71. The third-order valence-electron chi connectivity index (χ3n) is 2.87. The molecule has 0 saturated heterocycles. The van der Waals surface area contributed by atoms with Crippen LogP contribution in [0, 0.1) is 5.82 Å². The van der Waals surface area contributed by atoms with Gasteiger partial charge in [-0.05, 0) is 29.8 Å². The number of hydrogen-bond acceptors (Lipinski definition) is 2. The fraction of sp³-hybridized carbons (Fsp3) is 0.133. The van der Waals surface area contributed by atoms with Gasteiger partial charge in [0.25, 0.3) is 0 Å². The number of carbonyl (C=O) groups excluding carboxylic acids is 1. The van der Waals surface area contributed by atoms with Crippen LogP contribution in [0.3, 0.4) is 0 Å². The molecule has 0 saturated carbocycles. The van der Waals surface area contributed by atoms with Crippen LogP contribution in [0.5, 0.6) is 0 Å². The van der Waals surface area contributed by atoms with Crippen molar-refractivity contribution in [2.24, 2.45) is 5.73 Å². The summed E-state index contributed by atoms with van der Waals surface area (Å²) in [5.41, 5.74) is 6.76. The number of carbonyl (C=O) groups is 1. The van der Waals surface area contributed by atoms with Crippen LogP contribution in [0.25, 0.3) is 0 Å². The number of nitrogens with two attached hydrogens (primary N) is 1. The summed E-state index contributed by atoms with van der Waals surface area (Å²) in [6.45, 7) is 0.939. The number of halogens is 2. The predicted octanol–water partition coefficient (Wildman–Crippen LogP) is 2.87. The molecule has 1 amide bonds. The third-order valence-corrected chi connectivity index (χ3v) is 3.11. The van der Waals surface area contributed by atoms with E-state index in [2.05, 4.69) is 5.32 Å². The average Bonchev–Trinajstić information content (AvgIpc) is 2.40. The highest BCUT2D eigenvalue weighted by Gasteiger charge is 2.06. The maximum absolute atomic E-state index is 13.7. The lowest BCUT2D eigenvalue weighted by atomic mass is 10.1. The lowest BCUT2D eigenvalue weighted by Gasteiger charge is -2.07. The average molecular weight is 293 g/mol. The fourth-order valence-electron chi connectivity index (χ4n) is 1.83. The van der Waals surface area contributed by atoms with E-state index >= 15 is 0 Å². The molecule has 2 aromatic rings. The molecule has 0 unspecified atom stereocenters. The number of amides is 1. The molecular formula is C15H14ClFN2O. The van der Waals surface area contributed by atoms with Crippen molar-refractivity contribution in [2.45, 2.75) is 13.1 Å². The number of primary amides is 1. The summed E-state index contributed by atoms with van der Waals surface area (Å²) in [5.74, 6) is -1.08. The van der Waals surface area contributed by atoms with Gasteiger partial charge in [0.2, 0.25) is 5.91 Å². The molecule has 3 nitrogen and oxygen atoms in total. The van der Waals surface area contributed by atoms with Crippen LogP contribution in [0.4, 0.5) is 4.39 Å². The zero-order valence-corrected chi connectivity index (χ0v) is 11.5. The van der Waals surface area contributed by atoms with Gasteiger partial charge in [0.05, 0.1) is 0 Å². The first-order valence-corrected chi connectivity index (χ1v) is 6.47. The minimum Gasteiger partial charge on any atom is -0.366 e. The van der Waals surface area contributed by atoms with E-state index in [0.717, 1.165) is 11.6 Å². The van der Waals surface area contributed by atoms with Crippen LogP contribution < -0.4 is 11.1 Å². The SMILES string of the molecule is NC(=O)c1ccc(CNCc2cccc(Cl)c2)c(F)c1. The Balaban J connectivity index is 1.96. The van der Waals surface area contributed by atoms with Crippen LogP contribution in [-0.4, -0.2) is 5.91 Å². The number of nitrogens with one attached hydrogen (secondary N) is 1. The maximum atomic E-state index is 13.7. The second-order valence-electron chi connectivity index (χ2n) is 4.40. The maximum Gasteiger partial charge on any atom is 0.248 e. The number of hydrogen-bond donors (Lipinski definition) is 2. The van der Waals surface area contributed by atoms with E-state index in [4.69, 9.17) is 17.3 Å². The molecule has 0 fully saturated rings. The summed E-state index contributed by atoms with van der Waals surface area (Å²) < 4.78 is 13.7. The van der Waals surface area contributed by atoms with Gasteiger partial charge in [-0.1, -0.05) is 29.8 Å². The molecule has 0 bridgehead atoms. The minimum absolute atomic E-state index is 0.168. The fourth-order valence-corrected chi connectivity index (χ4v) is 2.05. The van der Waals surface area contributed by atoms with E-state index in [0.29, 0.717) is 23.7 Å². The number of rotatable bonds is 5. The second kappa shape index (κ2) is 6.50. The molecule has 0 aliphatic heterocycles. The van der Waals surface area contributed by atoms with Gasteiger partial charge >= 0.3 is 0 Å². The van der Waals surface area contributed by atoms with E-state index < -0.39 is 11.7 Å². The van der Waals surface area contributed by atoms with Crippen molar-refractivity contribution in [3.63, 3.8) is 0 Å². The van der Waals surface area contributed by atoms with Crippen LogP contribution in [0.2, 0.25) is 5.02 Å². The molecular weight excluding hydrogens is 279 g/mol. The van der Waals surface area contributed by atoms with Crippen molar-refractivity contribution in [1.82, 2.24) is 5.32 Å². The van der Waals surface area contributed by atoms with Gasteiger partial charge in [0.15, 0.2) is 0 Å². The molecule has 0 aliphatic carbocycles. The van der Waals surface area contributed by atoms with Crippen molar-refractivity contribution in [3.8, 4) is 0 Å². The third kappa shape index (κ3) is 3.79. The zero-order chi connectivity index (χ0) is 14.5. The first-order valence-electron chi connectivity index (χ1n) is 6.09. The zero-order valence-electron chi connectivity index (χ0n) is 10.7. The van der Waals surface area contributed by atoms with Crippen molar-refractivity contribution < 1.29 is 9.18 Å². The van der Waals surface area contributed by atoms with Crippen LogP contribution >= 0.6 is 11.6 Å². The van der Waals surface area contributed by atoms with Crippen molar-refractivity contribution >= 4 is 17.5 Å². The van der Waals surface area contributed by atoms with Crippen LogP contribution in [0.15, 0.2) is 42.5 Å². The largest absolute Gasteiger partial charge is 0.366 e. The van der Waals surface area contributed by atoms with Gasteiger partial charge in [0, 0.05) is 29.2 Å². The standard InChI is InChI=1S/C15H14ClFN2O/c16-13-3-1-2-10(6-13)8-19-9-12-5-4-11(15(18)20)7-14(12)17/h1-7,19H,8-9H2,(H2,18,20). The molecule has 0 aliphatic rings. The highest BCUT2D eigenvalue weighted by Crippen LogP contribution is 2.12. The quantitative estimate of drug-likeness (QED) is 0.890. The molecule has 0 heterocycles. The number of benzene rings is 2. The first-order chi connectivity index (χ1) is 9.56. The monoisotopic (exact) mass is 292 g/mol. The molecule has 104 valence electrons. The van der Waals surface area contributed by atoms with Gasteiger partial charge in [0.1, 0.15) is 5.82 Å². The van der Waals surface area contributed by atoms with Gasteiger partial charge in [-0.3, -0.25) is 4.79 Å². The molecule has 0 atom stereocenters. The Morgan fingerprint density at radius 2 is 2.00 bits per heavy atom. The smallest absolute Gasteiger partial charge is 0.248 e. The van der Waals surface area contributed by atoms with Gasteiger partial charge in [-0.2, -0.15) is 0 Å². The summed E-state index contributed by atoms with van der Waals surface area (Å²) in [6, 6.07) is 11.7. The first kappa shape index (κ1) is 14.5. The summed E-state index contributed by atoms with van der Waals surface area (Å²) in [7, 11) is 0. The normalized spacial score (nSPS) is 10.5. The van der Waals surface area contributed by atoms with Gasteiger partial charge in [-0.15, -0.1) is 0 Å². The van der Waals surface area contributed by atoms with Crippen molar-refractivity contribution in [1.29, 1.82) is 0 Å². The summed E-state index contributed by atoms with van der Waals surface area (Å²) in [4.78, 5) is 10.9. The van der Waals surface area contributed by atoms with Crippen LogP contribution in [0.1, 0.15) is 21.5 Å². The molecule has 3 N–H and O–H groups in total. The lowest BCUT2D eigenvalue weighted by Crippen LogP contribution is -2.15. The van der Waals surface area contributed by atoms with Crippen LogP contribution in [-0.2, 0) is 13.1 Å². The lowest BCUT2D eigenvalue weighted by molar-refractivity contribution is 0.1000. The molecule has 20 heavy (non-hydrogen) atoms. The van der Waals surface area contributed by atoms with Crippen molar-refractivity contribution in [3.05, 3.63) is 70.0 Å². The van der Waals surface area contributed by atoms with E-state index in [1.165, 1.54) is 6.07 Å². The highest BCUT2D eigenvalue weighted by atomic mass is 35.5. The predicted molar refractivity (Wildman–Crippen MR) is 76.9 cm³/mol. The highest BCUT2D eigenvalue weighted by molar-refractivity contribution is 6.30. The van der Waals surface area contributed by atoms with E-state index in [-0.39, 0.29) is 5.56 Å². The second-order valence-corrected chi connectivity index (χ2v) is 4.84. The Morgan fingerprint density at radius 1 is 1.20 bits per heavy atom. The van der Waals surface area contributed by atoms with Gasteiger partial charge < -0.3 is 11.1 Å². The van der Waals surface area contributed by atoms with Gasteiger partial charge in [-0.25, -0.2) is 4.39 Å². The summed E-state index contributed by atoms with van der Waals surface area (Å²) in [5, 5.41) is 3.79.